The monoisotopic (exact) mass is 480 g/mol. The van der Waals surface area contributed by atoms with Gasteiger partial charge in [0.25, 0.3) is 0 Å². The molecule has 5 nitrogen and oxygen atoms in total. The molecular weight excluding hydrogens is 452 g/mol. The summed E-state index contributed by atoms with van der Waals surface area (Å²) in [6.45, 7) is 0.752. The molecule has 0 aromatic heterocycles. The summed E-state index contributed by atoms with van der Waals surface area (Å²) < 4.78 is 22.8. The van der Waals surface area contributed by atoms with E-state index in [0.29, 0.717) is 41.8 Å². The molecule has 0 bridgehead atoms. The number of methoxy groups -OCH3 is 2. The van der Waals surface area contributed by atoms with E-state index in [1.807, 2.05) is 72.8 Å². The summed E-state index contributed by atoms with van der Waals surface area (Å²) >= 11 is 0. The van der Waals surface area contributed by atoms with E-state index < -0.39 is 0 Å². The fraction of sp³-hybridized carbons (Fsp3) is 0.129. The maximum atomic E-state index is 13.0. The third kappa shape index (κ3) is 6.54. The Bertz CT molecular complexity index is 1310. The molecule has 0 amide bonds. The predicted molar refractivity (Wildman–Crippen MR) is 141 cm³/mol. The number of hydrogen-bond acceptors (Lipinski definition) is 5. The molecule has 0 spiro atoms. The van der Waals surface area contributed by atoms with Crippen LogP contribution in [0, 0.1) is 0 Å². The Morgan fingerprint density at radius 3 is 1.89 bits per heavy atom. The first-order chi connectivity index (χ1) is 17.7. The Hall–Kier alpha value is -4.51. The summed E-state index contributed by atoms with van der Waals surface area (Å²) in [4.78, 5) is 13.0. The van der Waals surface area contributed by atoms with Gasteiger partial charge in [0.05, 0.1) is 14.2 Å². The highest BCUT2D eigenvalue weighted by Gasteiger charge is 2.12. The van der Waals surface area contributed by atoms with Crippen LogP contribution in [0.3, 0.4) is 0 Å². The molecule has 0 aliphatic rings. The second-order valence-corrected chi connectivity index (χ2v) is 8.02. The number of ether oxygens (including phenoxy) is 4. The first-order valence-corrected chi connectivity index (χ1v) is 11.6. The lowest BCUT2D eigenvalue weighted by Gasteiger charge is -2.14. The molecular formula is C31H28O5. The first-order valence-electron chi connectivity index (χ1n) is 11.6. The zero-order valence-electron chi connectivity index (χ0n) is 20.3. The van der Waals surface area contributed by atoms with Gasteiger partial charge in [0.15, 0.2) is 17.3 Å². The van der Waals surface area contributed by atoms with Crippen LogP contribution >= 0.6 is 0 Å². The molecule has 5 heteroatoms. The average molecular weight is 481 g/mol. The summed E-state index contributed by atoms with van der Waals surface area (Å²) in [6, 6.07) is 30.4. The summed E-state index contributed by atoms with van der Waals surface area (Å²) in [5.41, 5.74) is 3.30. The Morgan fingerprint density at radius 1 is 0.667 bits per heavy atom. The van der Waals surface area contributed by atoms with Crippen LogP contribution in [0.4, 0.5) is 0 Å². The Balaban J connectivity index is 1.56. The minimum atomic E-state index is -0.168. The van der Waals surface area contributed by atoms with Gasteiger partial charge in [0, 0.05) is 11.1 Å². The van der Waals surface area contributed by atoms with Crippen LogP contribution in [0.5, 0.6) is 23.0 Å². The number of ketones is 1. The van der Waals surface area contributed by atoms with Gasteiger partial charge in [-0.2, -0.15) is 0 Å². The summed E-state index contributed by atoms with van der Waals surface area (Å²) in [5.74, 6) is 2.24. The van der Waals surface area contributed by atoms with E-state index >= 15 is 0 Å². The molecule has 0 radical (unpaired) electrons. The molecule has 0 saturated heterocycles. The highest BCUT2D eigenvalue weighted by atomic mass is 16.5. The van der Waals surface area contributed by atoms with Gasteiger partial charge in [-0.3, -0.25) is 4.79 Å². The standard InChI is InChI=1S/C31H28O5/c1-33-27-15-18-29(34-2)26(19-27)13-16-28(32)25-14-17-30(35-21-23-9-5-3-6-10-23)31(20-25)36-22-24-11-7-4-8-12-24/h3-20H,21-22H2,1-2H3/b16-13+. The third-order valence-electron chi connectivity index (χ3n) is 5.55. The molecule has 4 aromatic carbocycles. The zero-order valence-corrected chi connectivity index (χ0v) is 20.3. The summed E-state index contributed by atoms with van der Waals surface area (Å²) in [6.07, 6.45) is 3.23. The van der Waals surface area contributed by atoms with E-state index in [1.165, 1.54) is 6.08 Å². The molecule has 0 atom stereocenters. The van der Waals surface area contributed by atoms with E-state index in [0.717, 1.165) is 16.7 Å². The third-order valence-corrected chi connectivity index (χ3v) is 5.55. The predicted octanol–water partition coefficient (Wildman–Crippen LogP) is 6.76. The van der Waals surface area contributed by atoms with Crippen molar-refractivity contribution in [3.8, 4) is 23.0 Å². The van der Waals surface area contributed by atoms with Crippen LogP contribution in [0.2, 0.25) is 0 Å². The van der Waals surface area contributed by atoms with E-state index in [4.69, 9.17) is 18.9 Å². The maximum absolute atomic E-state index is 13.0. The minimum absolute atomic E-state index is 0.168. The van der Waals surface area contributed by atoms with Crippen molar-refractivity contribution in [1.82, 2.24) is 0 Å². The largest absolute Gasteiger partial charge is 0.497 e. The lowest BCUT2D eigenvalue weighted by atomic mass is 10.1. The van der Waals surface area contributed by atoms with Gasteiger partial charge in [-0.25, -0.2) is 0 Å². The van der Waals surface area contributed by atoms with Gasteiger partial charge in [-0.15, -0.1) is 0 Å². The van der Waals surface area contributed by atoms with Crippen molar-refractivity contribution in [3.05, 3.63) is 125 Å². The van der Waals surface area contributed by atoms with Crippen LogP contribution in [0.1, 0.15) is 27.0 Å². The highest BCUT2D eigenvalue weighted by Crippen LogP contribution is 2.31. The number of carbonyl (C=O) groups excluding carboxylic acids is 1. The number of benzene rings is 4. The van der Waals surface area contributed by atoms with Gasteiger partial charge in [-0.1, -0.05) is 60.7 Å². The Morgan fingerprint density at radius 2 is 1.28 bits per heavy atom. The van der Waals surface area contributed by atoms with Crippen molar-refractivity contribution in [3.63, 3.8) is 0 Å². The topological polar surface area (TPSA) is 54.0 Å². The molecule has 36 heavy (non-hydrogen) atoms. The van der Waals surface area contributed by atoms with Gasteiger partial charge in [0.2, 0.25) is 0 Å². The molecule has 0 heterocycles. The fourth-order valence-electron chi connectivity index (χ4n) is 3.60. The summed E-state index contributed by atoms with van der Waals surface area (Å²) in [5, 5.41) is 0. The lowest BCUT2D eigenvalue weighted by Crippen LogP contribution is -2.03. The average Bonchev–Trinajstić information content (AvgIpc) is 2.94. The SMILES string of the molecule is COc1ccc(OC)c(/C=C/C(=O)c2ccc(OCc3ccccc3)c(OCc3ccccc3)c2)c1. The van der Waals surface area contributed by atoms with Crippen LogP contribution in [-0.4, -0.2) is 20.0 Å². The van der Waals surface area contributed by atoms with E-state index in [9.17, 15) is 4.79 Å². The second-order valence-electron chi connectivity index (χ2n) is 8.02. The van der Waals surface area contributed by atoms with Crippen LogP contribution in [0.25, 0.3) is 6.08 Å². The van der Waals surface area contributed by atoms with Gasteiger partial charge in [0.1, 0.15) is 24.7 Å². The van der Waals surface area contributed by atoms with E-state index in [-0.39, 0.29) is 5.78 Å². The Kier molecular flexibility index (Phi) is 8.39. The normalized spacial score (nSPS) is 10.7. The van der Waals surface area contributed by atoms with Crippen LogP contribution < -0.4 is 18.9 Å². The van der Waals surface area contributed by atoms with Crippen molar-refractivity contribution in [2.45, 2.75) is 13.2 Å². The van der Waals surface area contributed by atoms with E-state index in [2.05, 4.69) is 0 Å². The number of carbonyl (C=O) groups is 1. The van der Waals surface area contributed by atoms with Gasteiger partial charge < -0.3 is 18.9 Å². The minimum Gasteiger partial charge on any atom is -0.497 e. The summed E-state index contributed by atoms with van der Waals surface area (Å²) in [7, 11) is 3.18. The van der Waals surface area contributed by atoms with Crippen molar-refractivity contribution in [2.75, 3.05) is 14.2 Å². The molecule has 0 aliphatic carbocycles. The fourth-order valence-corrected chi connectivity index (χ4v) is 3.60. The maximum Gasteiger partial charge on any atom is 0.185 e. The lowest BCUT2D eigenvalue weighted by molar-refractivity contribution is 0.104. The van der Waals surface area contributed by atoms with Crippen molar-refractivity contribution in [2.24, 2.45) is 0 Å². The number of hydrogen-bond donors (Lipinski definition) is 0. The van der Waals surface area contributed by atoms with Gasteiger partial charge in [-0.05, 0) is 59.7 Å². The highest BCUT2D eigenvalue weighted by molar-refractivity contribution is 6.07. The van der Waals surface area contributed by atoms with Crippen molar-refractivity contribution < 1.29 is 23.7 Å². The van der Waals surface area contributed by atoms with Crippen LogP contribution in [-0.2, 0) is 13.2 Å². The zero-order chi connectivity index (χ0) is 25.2. The number of allylic oxidation sites excluding steroid dienone is 1. The Labute approximate surface area is 211 Å². The molecule has 4 rings (SSSR count). The molecule has 0 N–H and O–H groups in total. The molecule has 0 aliphatic heterocycles. The van der Waals surface area contributed by atoms with Crippen molar-refractivity contribution >= 4 is 11.9 Å². The molecule has 0 saturated carbocycles. The smallest absolute Gasteiger partial charge is 0.185 e. The first kappa shape index (κ1) is 24.6. The molecule has 4 aromatic rings. The van der Waals surface area contributed by atoms with Gasteiger partial charge >= 0.3 is 0 Å². The van der Waals surface area contributed by atoms with Crippen molar-refractivity contribution in [1.29, 1.82) is 0 Å². The molecule has 0 unspecified atom stereocenters. The number of rotatable bonds is 11. The van der Waals surface area contributed by atoms with E-state index in [1.54, 1.807) is 44.6 Å². The van der Waals surface area contributed by atoms with Crippen LogP contribution in [0.15, 0.2) is 103 Å². The quantitative estimate of drug-likeness (QED) is 0.175. The molecule has 182 valence electrons. The second kappa shape index (κ2) is 12.3. The molecule has 0 fully saturated rings.